The Labute approximate surface area is 172 Å². The molecule has 154 valence electrons. The number of ether oxygens (including phenoxy) is 1. The number of carbonyl (C=O) groups is 1. The van der Waals surface area contributed by atoms with Crippen molar-refractivity contribution in [2.75, 3.05) is 19.7 Å². The van der Waals surface area contributed by atoms with Crippen molar-refractivity contribution in [1.29, 1.82) is 0 Å². The van der Waals surface area contributed by atoms with E-state index < -0.39 is 0 Å². The second kappa shape index (κ2) is 8.28. The monoisotopic (exact) mass is 394 g/mol. The van der Waals surface area contributed by atoms with Crippen molar-refractivity contribution in [3.05, 3.63) is 53.9 Å². The highest BCUT2D eigenvalue weighted by Crippen LogP contribution is 2.36. The number of fused-ring (bicyclic) bond motifs is 1. The minimum absolute atomic E-state index is 0.00161. The van der Waals surface area contributed by atoms with Gasteiger partial charge in [0.05, 0.1) is 18.7 Å². The third kappa shape index (κ3) is 4.54. The summed E-state index contributed by atoms with van der Waals surface area (Å²) in [7, 11) is 0. The van der Waals surface area contributed by atoms with Crippen molar-refractivity contribution < 1.29 is 9.53 Å². The number of aromatic nitrogens is 2. The van der Waals surface area contributed by atoms with Crippen LogP contribution in [0.2, 0.25) is 0 Å². The average Bonchev–Trinajstić information content (AvgIpc) is 3.20. The van der Waals surface area contributed by atoms with Crippen molar-refractivity contribution in [3.8, 4) is 0 Å². The number of rotatable bonds is 7. The predicted octanol–water partition coefficient (Wildman–Crippen LogP) is 2.45. The molecule has 6 nitrogen and oxygen atoms in total. The van der Waals surface area contributed by atoms with Gasteiger partial charge in [-0.1, -0.05) is 12.1 Å². The van der Waals surface area contributed by atoms with Gasteiger partial charge in [-0.05, 0) is 80.3 Å². The van der Waals surface area contributed by atoms with Crippen LogP contribution < -0.4 is 10.6 Å². The zero-order chi connectivity index (χ0) is 19.6. The molecule has 3 fully saturated rings. The van der Waals surface area contributed by atoms with Crippen molar-refractivity contribution in [2.24, 2.45) is 17.8 Å². The summed E-state index contributed by atoms with van der Waals surface area (Å²) < 4.78 is 8.17. The molecule has 29 heavy (non-hydrogen) atoms. The van der Waals surface area contributed by atoms with Gasteiger partial charge in [-0.25, -0.2) is 0 Å². The Bertz CT molecular complexity index is 833. The number of benzene rings is 1. The van der Waals surface area contributed by atoms with Gasteiger partial charge in [0.15, 0.2) is 0 Å². The number of hydrogen-bond acceptors (Lipinski definition) is 4. The topological polar surface area (TPSA) is 68.2 Å². The molecule has 0 bridgehead atoms. The first-order valence-electron chi connectivity index (χ1n) is 10.9. The lowest BCUT2D eigenvalue weighted by atomic mass is 9.77. The Balaban J connectivity index is 1.26. The second-order valence-electron chi connectivity index (χ2n) is 8.95. The lowest BCUT2D eigenvalue weighted by Gasteiger charge is -2.38. The molecule has 1 amide bonds. The molecule has 2 aliphatic carbocycles. The van der Waals surface area contributed by atoms with Crippen molar-refractivity contribution in [1.82, 2.24) is 20.4 Å². The van der Waals surface area contributed by atoms with E-state index in [1.165, 1.54) is 12.8 Å². The molecule has 1 saturated heterocycles. The summed E-state index contributed by atoms with van der Waals surface area (Å²) >= 11 is 0. The van der Waals surface area contributed by atoms with Gasteiger partial charge in [0.2, 0.25) is 0 Å². The quantitative estimate of drug-likeness (QED) is 0.757. The smallest absolute Gasteiger partial charge is 0.251 e. The van der Waals surface area contributed by atoms with E-state index in [9.17, 15) is 4.79 Å². The molecule has 3 aliphatic rings. The van der Waals surface area contributed by atoms with E-state index in [1.807, 2.05) is 41.2 Å². The van der Waals surface area contributed by atoms with Gasteiger partial charge in [-0.15, -0.1) is 0 Å². The number of amides is 1. The zero-order valence-electron chi connectivity index (χ0n) is 16.8. The summed E-state index contributed by atoms with van der Waals surface area (Å²) in [6.45, 7) is 3.66. The van der Waals surface area contributed by atoms with Crippen LogP contribution >= 0.6 is 0 Å². The summed E-state index contributed by atoms with van der Waals surface area (Å²) in [4.78, 5) is 13.1. The molecule has 0 spiro atoms. The van der Waals surface area contributed by atoms with Gasteiger partial charge in [-0.3, -0.25) is 9.48 Å². The van der Waals surface area contributed by atoms with Crippen LogP contribution in [0, 0.1) is 17.8 Å². The lowest BCUT2D eigenvalue weighted by Crippen LogP contribution is -2.50. The first-order valence-corrected chi connectivity index (χ1v) is 10.9. The van der Waals surface area contributed by atoms with Gasteiger partial charge in [0.25, 0.3) is 5.91 Å². The van der Waals surface area contributed by atoms with Crippen molar-refractivity contribution in [2.45, 2.75) is 44.4 Å². The fourth-order valence-corrected chi connectivity index (χ4v) is 4.80. The summed E-state index contributed by atoms with van der Waals surface area (Å²) in [6.07, 6.45) is 8.48. The molecule has 2 saturated carbocycles. The Morgan fingerprint density at radius 1 is 1.21 bits per heavy atom. The zero-order valence-corrected chi connectivity index (χ0v) is 16.8. The third-order valence-corrected chi connectivity index (χ3v) is 6.67. The first kappa shape index (κ1) is 18.8. The molecule has 2 heterocycles. The molecule has 1 aromatic heterocycles. The highest BCUT2D eigenvalue weighted by molar-refractivity contribution is 5.94. The average molecular weight is 395 g/mol. The maximum atomic E-state index is 13.1. The van der Waals surface area contributed by atoms with E-state index in [2.05, 4.69) is 15.7 Å². The molecular weight excluding hydrogens is 364 g/mol. The molecule has 4 atom stereocenters. The normalized spacial score (nSPS) is 28.8. The maximum absolute atomic E-state index is 13.1. The molecule has 6 heteroatoms. The molecule has 0 unspecified atom stereocenters. The second-order valence-corrected chi connectivity index (χ2v) is 8.95. The number of nitrogens with one attached hydrogen (secondary N) is 2. The molecule has 1 aromatic carbocycles. The Morgan fingerprint density at radius 2 is 2.07 bits per heavy atom. The minimum Gasteiger partial charge on any atom is -0.376 e. The number of nitrogens with zero attached hydrogens (tertiary/aromatic N) is 2. The van der Waals surface area contributed by atoms with Crippen molar-refractivity contribution >= 4 is 5.91 Å². The van der Waals surface area contributed by atoms with E-state index >= 15 is 0 Å². The highest BCUT2D eigenvalue weighted by atomic mass is 16.5. The Morgan fingerprint density at radius 3 is 2.86 bits per heavy atom. The summed E-state index contributed by atoms with van der Waals surface area (Å²) in [6, 6.07) is 9.86. The molecule has 2 aromatic rings. The first-order chi connectivity index (χ1) is 14.2. The molecule has 2 N–H and O–H groups in total. The summed E-state index contributed by atoms with van der Waals surface area (Å²) in [5.74, 6) is 2.07. The van der Waals surface area contributed by atoms with Crippen LogP contribution in [0.25, 0.3) is 0 Å². The van der Waals surface area contributed by atoms with Crippen LogP contribution in [-0.4, -0.2) is 47.5 Å². The lowest BCUT2D eigenvalue weighted by molar-refractivity contribution is -0.0211. The Hall–Kier alpha value is -2.18. The molecule has 0 radical (unpaired) electrons. The fourth-order valence-electron chi connectivity index (χ4n) is 4.80. The van der Waals surface area contributed by atoms with Crippen LogP contribution in [0.5, 0.6) is 0 Å². The predicted molar refractivity (Wildman–Crippen MR) is 111 cm³/mol. The van der Waals surface area contributed by atoms with E-state index in [4.69, 9.17) is 4.74 Å². The van der Waals surface area contributed by atoms with Gasteiger partial charge < -0.3 is 15.4 Å². The van der Waals surface area contributed by atoms with E-state index in [0.717, 1.165) is 44.0 Å². The van der Waals surface area contributed by atoms with Gasteiger partial charge in [0.1, 0.15) is 0 Å². The number of hydrogen-bond donors (Lipinski definition) is 2. The van der Waals surface area contributed by atoms with E-state index in [-0.39, 0.29) is 18.1 Å². The SMILES string of the molecule is O=C(N[C@H]1C[C@H]2CNC[C@H]2C[C@@H]1OCC1CC1)c1cccc(Cn2cccn2)c1. The summed E-state index contributed by atoms with van der Waals surface area (Å²) in [5.41, 5.74) is 1.79. The largest absolute Gasteiger partial charge is 0.376 e. The standard InChI is InChI=1S/C23H30N4O2/c28-23(18-4-1-3-17(9-18)14-27-8-2-7-25-27)26-21-10-19-12-24-13-20(19)11-22(21)29-15-16-5-6-16/h1-4,7-9,16,19-22,24H,5-6,10-15H2,(H,26,28)/t19-,20+,21-,22-/m0/s1. The Kier molecular flexibility index (Phi) is 5.38. The van der Waals surface area contributed by atoms with Crippen LogP contribution in [0.4, 0.5) is 0 Å². The number of carbonyl (C=O) groups excluding carboxylic acids is 1. The van der Waals surface area contributed by atoms with Crippen LogP contribution in [0.3, 0.4) is 0 Å². The van der Waals surface area contributed by atoms with Crippen LogP contribution in [-0.2, 0) is 11.3 Å². The van der Waals surface area contributed by atoms with Crippen LogP contribution in [0.1, 0.15) is 41.6 Å². The molecular formula is C23H30N4O2. The molecule has 5 rings (SSSR count). The fraction of sp³-hybridized carbons (Fsp3) is 0.565. The van der Waals surface area contributed by atoms with E-state index in [0.29, 0.717) is 23.9 Å². The van der Waals surface area contributed by atoms with Crippen LogP contribution in [0.15, 0.2) is 42.7 Å². The molecule has 1 aliphatic heterocycles. The highest BCUT2D eigenvalue weighted by Gasteiger charge is 2.41. The third-order valence-electron chi connectivity index (χ3n) is 6.67. The summed E-state index contributed by atoms with van der Waals surface area (Å²) in [5, 5.41) is 11.1. The maximum Gasteiger partial charge on any atom is 0.251 e. The van der Waals surface area contributed by atoms with Gasteiger partial charge in [-0.2, -0.15) is 5.10 Å². The van der Waals surface area contributed by atoms with Gasteiger partial charge >= 0.3 is 0 Å². The van der Waals surface area contributed by atoms with Gasteiger partial charge in [0, 0.05) is 24.6 Å². The van der Waals surface area contributed by atoms with E-state index in [1.54, 1.807) is 6.20 Å². The van der Waals surface area contributed by atoms with Crippen molar-refractivity contribution in [3.63, 3.8) is 0 Å². The minimum atomic E-state index is 0.00161.